The normalized spacial score (nSPS) is 30.9. The third-order valence-corrected chi connectivity index (χ3v) is 4.26. The molecule has 1 saturated carbocycles. The zero-order valence-electron chi connectivity index (χ0n) is 11.4. The molecular weight excluding hydrogens is 243 g/mol. The van der Waals surface area contributed by atoms with Crippen LogP contribution in [0.3, 0.4) is 0 Å². The molecule has 3 atom stereocenters. The molecule has 1 aromatic rings. The third kappa shape index (κ3) is 2.72. The van der Waals surface area contributed by atoms with Gasteiger partial charge in [-0.2, -0.15) is 0 Å². The smallest absolute Gasteiger partial charge is 0.243 e. The summed E-state index contributed by atoms with van der Waals surface area (Å²) in [6.45, 7) is 4.18. The van der Waals surface area contributed by atoms with Crippen LogP contribution < -0.4 is 11.1 Å². The number of amides is 1. The maximum atomic E-state index is 12.9. The second kappa shape index (κ2) is 5.19. The first-order valence-corrected chi connectivity index (χ1v) is 6.77. The molecule has 19 heavy (non-hydrogen) atoms. The zero-order chi connectivity index (χ0) is 14.0. The van der Waals surface area contributed by atoms with E-state index in [1.807, 2.05) is 6.92 Å². The summed E-state index contributed by atoms with van der Waals surface area (Å²) in [5.41, 5.74) is 5.67. The molecule has 2 rings (SSSR count). The molecule has 0 aromatic heterocycles. The maximum Gasteiger partial charge on any atom is 0.243 e. The molecule has 0 bridgehead atoms. The Labute approximate surface area is 113 Å². The number of carbonyl (C=O) groups excluding carboxylic acids is 1. The Morgan fingerprint density at radius 3 is 2.53 bits per heavy atom. The van der Waals surface area contributed by atoms with Crippen LogP contribution in [0.25, 0.3) is 0 Å². The summed E-state index contributed by atoms with van der Waals surface area (Å²) in [5, 5.41) is 3.26. The van der Waals surface area contributed by atoms with Gasteiger partial charge in [-0.15, -0.1) is 0 Å². The van der Waals surface area contributed by atoms with Crippen molar-refractivity contribution in [3.63, 3.8) is 0 Å². The van der Waals surface area contributed by atoms with Crippen molar-refractivity contribution >= 4 is 11.6 Å². The minimum Gasteiger partial charge on any atom is -0.371 e. The monoisotopic (exact) mass is 264 g/mol. The van der Waals surface area contributed by atoms with E-state index in [9.17, 15) is 9.18 Å². The second-order valence-corrected chi connectivity index (χ2v) is 5.76. The van der Waals surface area contributed by atoms with Crippen LogP contribution in [0.4, 0.5) is 10.1 Å². The molecule has 4 heteroatoms. The topological polar surface area (TPSA) is 55.1 Å². The predicted octanol–water partition coefficient (Wildman–Crippen LogP) is 2.92. The molecule has 3 unspecified atom stereocenters. The first kappa shape index (κ1) is 13.8. The van der Waals surface area contributed by atoms with Crippen molar-refractivity contribution in [1.29, 1.82) is 0 Å². The van der Waals surface area contributed by atoms with E-state index in [1.165, 1.54) is 12.1 Å². The summed E-state index contributed by atoms with van der Waals surface area (Å²) in [7, 11) is 0. The Bertz CT molecular complexity index is 460. The van der Waals surface area contributed by atoms with Crippen molar-refractivity contribution in [1.82, 2.24) is 0 Å². The Hall–Kier alpha value is -1.58. The summed E-state index contributed by atoms with van der Waals surface area (Å²) in [6.07, 6.45) is 2.81. The van der Waals surface area contributed by atoms with Crippen LogP contribution in [0.5, 0.6) is 0 Å². The zero-order valence-corrected chi connectivity index (χ0v) is 11.4. The highest BCUT2D eigenvalue weighted by Crippen LogP contribution is 2.39. The van der Waals surface area contributed by atoms with E-state index >= 15 is 0 Å². The summed E-state index contributed by atoms with van der Waals surface area (Å²) < 4.78 is 12.9. The van der Waals surface area contributed by atoms with Crippen LogP contribution in [0.1, 0.15) is 33.1 Å². The summed E-state index contributed by atoms with van der Waals surface area (Å²) in [6, 6.07) is 6.06. The van der Waals surface area contributed by atoms with Gasteiger partial charge in [0.2, 0.25) is 5.91 Å². The van der Waals surface area contributed by atoms with E-state index in [0.29, 0.717) is 5.92 Å². The van der Waals surface area contributed by atoms with E-state index in [1.54, 1.807) is 12.1 Å². The lowest BCUT2D eigenvalue weighted by molar-refractivity contribution is -0.125. The Morgan fingerprint density at radius 2 is 1.95 bits per heavy atom. The lowest BCUT2D eigenvalue weighted by atomic mass is 9.69. The molecule has 104 valence electrons. The largest absolute Gasteiger partial charge is 0.371 e. The average Bonchev–Trinajstić information content (AvgIpc) is 2.36. The van der Waals surface area contributed by atoms with Gasteiger partial charge in [-0.25, -0.2) is 4.39 Å². The molecule has 1 aliphatic carbocycles. The van der Waals surface area contributed by atoms with E-state index < -0.39 is 5.54 Å². The number of benzene rings is 1. The van der Waals surface area contributed by atoms with Crippen molar-refractivity contribution in [2.24, 2.45) is 17.6 Å². The number of anilines is 1. The van der Waals surface area contributed by atoms with Gasteiger partial charge in [-0.05, 0) is 48.9 Å². The third-order valence-electron chi connectivity index (χ3n) is 4.26. The highest BCUT2D eigenvalue weighted by molar-refractivity contribution is 5.88. The average molecular weight is 264 g/mol. The van der Waals surface area contributed by atoms with Gasteiger partial charge in [-0.3, -0.25) is 4.79 Å². The molecule has 1 aromatic carbocycles. The van der Waals surface area contributed by atoms with Crippen LogP contribution in [0, 0.1) is 17.7 Å². The molecular formula is C15H21FN2O. The number of carbonyl (C=O) groups is 1. The molecule has 0 spiro atoms. The van der Waals surface area contributed by atoms with E-state index in [0.717, 1.165) is 24.9 Å². The fourth-order valence-corrected chi connectivity index (χ4v) is 3.00. The van der Waals surface area contributed by atoms with Crippen LogP contribution in [0.15, 0.2) is 24.3 Å². The Morgan fingerprint density at radius 1 is 1.32 bits per heavy atom. The van der Waals surface area contributed by atoms with Crippen LogP contribution in [0.2, 0.25) is 0 Å². The lowest BCUT2D eigenvalue weighted by Crippen LogP contribution is -2.57. The van der Waals surface area contributed by atoms with Gasteiger partial charge in [0.25, 0.3) is 0 Å². The number of primary amides is 1. The fraction of sp³-hybridized carbons (Fsp3) is 0.533. The summed E-state index contributed by atoms with van der Waals surface area (Å²) >= 11 is 0. The minimum atomic E-state index is -0.727. The number of hydrogen-bond donors (Lipinski definition) is 2. The molecule has 3 N–H and O–H groups in total. The van der Waals surface area contributed by atoms with Crippen molar-refractivity contribution in [3.8, 4) is 0 Å². The van der Waals surface area contributed by atoms with Crippen molar-refractivity contribution < 1.29 is 9.18 Å². The highest BCUT2D eigenvalue weighted by Gasteiger charge is 2.45. The first-order valence-electron chi connectivity index (χ1n) is 6.77. The van der Waals surface area contributed by atoms with E-state index in [4.69, 9.17) is 5.73 Å². The number of halogens is 1. The number of hydrogen-bond acceptors (Lipinski definition) is 2. The number of nitrogens with two attached hydrogens (primary N) is 1. The molecule has 0 aliphatic heterocycles. The summed E-state index contributed by atoms with van der Waals surface area (Å²) in [5.74, 6) is 0.0162. The minimum absolute atomic E-state index is 0.172. The predicted molar refractivity (Wildman–Crippen MR) is 74.1 cm³/mol. The van der Waals surface area contributed by atoms with Gasteiger partial charge in [-0.1, -0.05) is 20.3 Å². The molecule has 0 radical (unpaired) electrons. The highest BCUT2D eigenvalue weighted by atomic mass is 19.1. The van der Waals surface area contributed by atoms with E-state index in [-0.39, 0.29) is 17.6 Å². The van der Waals surface area contributed by atoms with Gasteiger partial charge >= 0.3 is 0 Å². The van der Waals surface area contributed by atoms with Gasteiger partial charge < -0.3 is 11.1 Å². The van der Waals surface area contributed by atoms with Crippen LogP contribution >= 0.6 is 0 Å². The van der Waals surface area contributed by atoms with Crippen molar-refractivity contribution in [3.05, 3.63) is 30.1 Å². The van der Waals surface area contributed by atoms with Crippen molar-refractivity contribution in [2.45, 2.75) is 38.6 Å². The van der Waals surface area contributed by atoms with Crippen LogP contribution in [-0.4, -0.2) is 11.4 Å². The maximum absolute atomic E-state index is 12.9. The standard InChI is InChI=1S/C15H21FN2O/c1-10-3-4-11(2)15(9-10,14(17)19)18-13-7-5-12(16)6-8-13/h5-8,10-11,18H,3-4,9H2,1-2H3,(H2,17,19). The Kier molecular flexibility index (Phi) is 3.78. The van der Waals surface area contributed by atoms with Gasteiger partial charge in [0.1, 0.15) is 11.4 Å². The molecule has 1 fully saturated rings. The molecule has 3 nitrogen and oxygen atoms in total. The van der Waals surface area contributed by atoms with E-state index in [2.05, 4.69) is 12.2 Å². The van der Waals surface area contributed by atoms with Crippen molar-refractivity contribution in [2.75, 3.05) is 5.32 Å². The van der Waals surface area contributed by atoms with Gasteiger partial charge in [0, 0.05) is 5.69 Å². The number of rotatable bonds is 3. The molecule has 1 amide bonds. The quantitative estimate of drug-likeness (QED) is 0.882. The molecule has 0 saturated heterocycles. The molecule has 0 heterocycles. The number of nitrogens with one attached hydrogen (secondary N) is 1. The van der Waals surface area contributed by atoms with Crippen LogP contribution in [-0.2, 0) is 4.79 Å². The summed E-state index contributed by atoms with van der Waals surface area (Å²) in [4.78, 5) is 12.0. The van der Waals surface area contributed by atoms with Gasteiger partial charge in [0.15, 0.2) is 0 Å². The van der Waals surface area contributed by atoms with Gasteiger partial charge in [0.05, 0.1) is 0 Å². The fourth-order valence-electron chi connectivity index (χ4n) is 3.00. The lowest BCUT2D eigenvalue weighted by Gasteiger charge is -2.43. The first-order chi connectivity index (χ1) is 8.94. The Balaban J connectivity index is 2.28. The second-order valence-electron chi connectivity index (χ2n) is 5.76. The molecule has 1 aliphatic rings. The SMILES string of the molecule is CC1CCC(C)C(Nc2ccc(F)cc2)(C(N)=O)C1.